The Morgan fingerprint density at radius 2 is 1.84 bits per heavy atom. The Labute approximate surface area is 251 Å². The molecule has 11 heteroatoms. The molecule has 43 heavy (non-hydrogen) atoms. The number of aromatic nitrogens is 3. The highest BCUT2D eigenvalue weighted by atomic mass is 35.5. The molecule has 2 heterocycles. The molecule has 3 aromatic carbocycles. The van der Waals surface area contributed by atoms with Crippen LogP contribution in [0.25, 0.3) is 10.9 Å². The number of aryl methyl sites for hydroxylation is 2. The van der Waals surface area contributed by atoms with Gasteiger partial charge in [0.1, 0.15) is 0 Å². The molecule has 0 bridgehead atoms. The van der Waals surface area contributed by atoms with Crippen molar-refractivity contribution in [3.8, 4) is 5.88 Å². The minimum Gasteiger partial charge on any atom is -0.494 e. The maximum atomic E-state index is 13.3. The number of ketones is 1. The van der Waals surface area contributed by atoms with Gasteiger partial charge in [0.15, 0.2) is 17.4 Å². The summed E-state index contributed by atoms with van der Waals surface area (Å²) in [7, 11) is 0. The van der Waals surface area contributed by atoms with Crippen LogP contribution in [-0.4, -0.2) is 48.9 Å². The first-order chi connectivity index (χ1) is 20.7. The van der Waals surface area contributed by atoms with E-state index in [9.17, 15) is 19.5 Å². The van der Waals surface area contributed by atoms with Crippen molar-refractivity contribution in [2.45, 2.75) is 32.7 Å². The van der Waals surface area contributed by atoms with E-state index >= 15 is 0 Å². The zero-order chi connectivity index (χ0) is 30.5. The molecule has 0 spiro atoms. The SMILES string of the molecule is CCn1cc(Cl)c(C(=O)Nc2cccc(C(=O)c3ccc4c(C=Nc5ccc(CCCC(=O)O)cc5)c(O)[nH]c4c3)c2)n1. The summed E-state index contributed by atoms with van der Waals surface area (Å²) in [6.45, 7) is 2.46. The summed E-state index contributed by atoms with van der Waals surface area (Å²) in [5, 5.41) is 27.2. The maximum absolute atomic E-state index is 13.3. The summed E-state index contributed by atoms with van der Waals surface area (Å²) in [5.74, 6) is -1.64. The summed E-state index contributed by atoms with van der Waals surface area (Å²) in [6.07, 6.45) is 4.49. The molecular formula is C32H28ClN5O5. The molecule has 0 atom stereocenters. The topological polar surface area (TPSA) is 150 Å². The van der Waals surface area contributed by atoms with Gasteiger partial charge >= 0.3 is 5.97 Å². The summed E-state index contributed by atoms with van der Waals surface area (Å²) in [6, 6.07) is 19.1. The predicted molar refractivity (Wildman–Crippen MR) is 165 cm³/mol. The van der Waals surface area contributed by atoms with E-state index in [-0.39, 0.29) is 28.8 Å². The number of carbonyl (C=O) groups excluding carboxylic acids is 2. The molecule has 0 radical (unpaired) electrons. The van der Waals surface area contributed by atoms with Crippen molar-refractivity contribution < 1.29 is 24.6 Å². The first-order valence-electron chi connectivity index (χ1n) is 13.6. The van der Waals surface area contributed by atoms with E-state index in [0.717, 1.165) is 5.56 Å². The van der Waals surface area contributed by atoms with Crippen LogP contribution in [0.3, 0.4) is 0 Å². The van der Waals surface area contributed by atoms with Crippen LogP contribution in [0.1, 0.15) is 57.3 Å². The molecule has 218 valence electrons. The van der Waals surface area contributed by atoms with Gasteiger partial charge in [0.05, 0.1) is 16.3 Å². The quantitative estimate of drug-likeness (QED) is 0.102. The largest absolute Gasteiger partial charge is 0.494 e. The molecule has 10 nitrogen and oxygen atoms in total. The number of aromatic hydroxyl groups is 1. The van der Waals surface area contributed by atoms with Gasteiger partial charge in [-0.1, -0.05) is 48.0 Å². The van der Waals surface area contributed by atoms with Gasteiger partial charge < -0.3 is 20.5 Å². The number of hydrogen-bond acceptors (Lipinski definition) is 6. The molecule has 4 N–H and O–H groups in total. The Kier molecular flexibility index (Phi) is 8.68. The lowest BCUT2D eigenvalue weighted by Gasteiger charge is -2.07. The van der Waals surface area contributed by atoms with Gasteiger partial charge in [-0.05, 0) is 55.7 Å². The van der Waals surface area contributed by atoms with E-state index in [1.807, 2.05) is 31.2 Å². The highest BCUT2D eigenvalue weighted by Gasteiger charge is 2.18. The molecule has 0 saturated carbocycles. The number of rotatable bonds is 11. The van der Waals surface area contributed by atoms with Crippen molar-refractivity contribution in [3.05, 3.63) is 106 Å². The second-order valence-corrected chi connectivity index (χ2v) is 10.3. The standard InChI is InChI=1S/C32H28ClN5O5/c1-2-38-18-26(33)29(37-38)32(43)35-23-7-4-6-20(15-23)30(41)21-11-14-24-25(31(42)36-27(24)16-21)17-34-22-12-9-19(10-13-22)5-3-8-28(39)40/h4,6-7,9-18,36,42H,2-3,5,8H2,1H3,(H,35,43)(H,39,40). The number of aliphatic carboxylic acids is 1. The van der Waals surface area contributed by atoms with Gasteiger partial charge in [0.25, 0.3) is 5.91 Å². The van der Waals surface area contributed by atoms with Crippen molar-refractivity contribution in [2.24, 2.45) is 4.99 Å². The number of amides is 1. The fourth-order valence-electron chi connectivity index (χ4n) is 4.62. The first kappa shape index (κ1) is 29.3. The van der Waals surface area contributed by atoms with Crippen molar-refractivity contribution in [1.82, 2.24) is 14.8 Å². The summed E-state index contributed by atoms with van der Waals surface area (Å²) >= 11 is 6.14. The number of carbonyl (C=O) groups is 3. The van der Waals surface area contributed by atoms with Gasteiger partial charge in [-0.2, -0.15) is 5.10 Å². The van der Waals surface area contributed by atoms with Crippen LogP contribution in [0.4, 0.5) is 11.4 Å². The fraction of sp³-hybridized carbons (Fsp3) is 0.156. The molecule has 0 aliphatic heterocycles. The number of fused-ring (bicyclic) bond motifs is 1. The third kappa shape index (κ3) is 6.82. The molecule has 0 unspecified atom stereocenters. The lowest BCUT2D eigenvalue weighted by molar-refractivity contribution is -0.137. The van der Waals surface area contributed by atoms with Crippen LogP contribution >= 0.6 is 11.6 Å². The molecule has 1 amide bonds. The summed E-state index contributed by atoms with van der Waals surface area (Å²) in [5.41, 5.74) is 4.02. The normalized spacial score (nSPS) is 11.3. The molecule has 0 fully saturated rings. The number of nitrogens with one attached hydrogen (secondary N) is 2. The van der Waals surface area contributed by atoms with Crippen molar-refractivity contribution >= 4 is 57.8 Å². The maximum Gasteiger partial charge on any atom is 0.303 e. The van der Waals surface area contributed by atoms with E-state index in [0.29, 0.717) is 58.4 Å². The number of nitrogens with zero attached hydrogens (tertiary/aromatic N) is 3. The average molecular weight is 598 g/mol. The Morgan fingerprint density at radius 1 is 1.07 bits per heavy atom. The van der Waals surface area contributed by atoms with Crippen molar-refractivity contribution in [1.29, 1.82) is 0 Å². The smallest absolute Gasteiger partial charge is 0.303 e. The summed E-state index contributed by atoms with van der Waals surface area (Å²) < 4.78 is 1.56. The number of anilines is 1. The molecule has 2 aromatic heterocycles. The van der Waals surface area contributed by atoms with Crippen LogP contribution in [0.2, 0.25) is 5.02 Å². The second-order valence-electron chi connectivity index (χ2n) is 9.86. The van der Waals surface area contributed by atoms with Crippen LogP contribution in [-0.2, 0) is 17.8 Å². The fourth-order valence-corrected chi connectivity index (χ4v) is 4.85. The van der Waals surface area contributed by atoms with Crippen LogP contribution < -0.4 is 5.32 Å². The molecule has 0 saturated heterocycles. The minimum absolute atomic E-state index is 0.0810. The van der Waals surface area contributed by atoms with E-state index in [1.165, 1.54) is 0 Å². The zero-order valence-corrected chi connectivity index (χ0v) is 23.9. The first-order valence-corrected chi connectivity index (χ1v) is 14.0. The summed E-state index contributed by atoms with van der Waals surface area (Å²) in [4.78, 5) is 44.1. The number of aliphatic imine (C=N–C) groups is 1. The Morgan fingerprint density at radius 3 is 2.56 bits per heavy atom. The zero-order valence-electron chi connectivity index (χ0n) is 23.2. The van der Waals surface area contributed by atoms with E-state index in [2.05, 4.69) is 20.4 Å². The molecule has 0 aliphatic carbocycles. The lowest BCUT2D eigenvalue weighted by atomic mass is 10.0. The van der Waals surface area contributed by atoms with Crippen LogP contribution in [0, 0.1) is 0 Å². The van der Waals surface area contributed by atoms with Gasteiger partial charge in [0.2, 0.25) is 0 Å². The Hall–Kier alpha value is -5.22. The molecular weight excluding hydrogens is 570 g/mol. The number of aromatic amines is 1. The van der Waals surface area contributed by atoms with E-state index < -0.39 is 11.9 Å². The number of H-pyrrole nitrogens is 1. The predicted octanol–water partition coefficient (Wildman–Crippen LogP) is 6.38. The Bertz CT molecular complexity index is 1860. The van der Waals surface area contributed by atoms with Crippen LogP contribution in [0.5, 0.6) is 5.88 Å². The third-order valence-electron chi connectivity index (χ3n) is 6.85. The van der Waals surface area contributed by atoms with Crippen molar-refractivity contribution in [2.75, 3.05) is 5.32 Å². The molecule has 5 rings (SSSR count). The number of carboxylic acids is 1. The number of hydrogen-bond donors (Lipinski definition) is 4. The highest BCUT2D eigenvalue weighted by Crippen LogP contribution is 2.28. The second kappa shape index (κ2) is 12.7. The molecule has 5 aromatic rings. The number of benzene rings is 3. The van der Waals surface area contributed by atoms with Crippen LogP contribution in [0.15, 0.2) is 77.9 Å². The average Bonchev–Trinajstić information content (AvgIpc) is 3.54. The lowest BCUT2D eigenvalue weighted by Crippen LogP contribution is -2.14. The molecule has 0 aliphatic rings. The number of halogens is 1. The van der Waals surface area contributed by atoms with Gasteiger partial charge in [0, 0.05) is 53.1 Å². The van der Waals surface area contributed by atoms with Gasteiger partial charge in [-0.25, -0.2) is 0 Å². The van der Waals surface area contributed by atoms with Crippen molar-refractivity contribution in [3.63, 3.8) is 0 Å². The van der Waals surface area contributed by atoms with Gasteiger partial charge in [-0.15, -0.1) is 0 Å². The third-order valence-corrected chi connectivity index (χ3v) is 7.13. The van der Waals surface area contributed by atoms with E-state index in [4.69, 9.17) is 16.7 Å². The minimum atomic E-state index is -0.811. The Balaban J connectivity index is 1.30. The monoisotopic (exact) mass is 597 g/mol. The van der Waals surface area contributed by atoms with Gasteiger partial charge in [-0.3, -0.25) is 24.1 Å². The van der Waals surface area contributed by atoms with E-state index in [1.54, 1.807) is 59.6 Å². The number of carboxylic acid groups (broad SMARTS) is 1. The highest BCUT2D eigenvalue weighted by molar-refractivity contribution is 6.34.